The van der Waals surface area contributed by atoms with Gasteiger partial charge in [0.15, 0.2) is 5.69 Å². The highest BCUT2D eigenvalue weighted by Gasteiger charge is 2.34. The Kier molecular flexibility index (Phi) is 2.58. The molecule has 1 aliphatic carbocycles. The molecule has 0 amide bonds. The molecule has 0 aliphatic heterocycles. The Morgan fingerprint density at radius 2 is 2.21 bits per heavy atom. The van der Waals surface area contributed by atoms with Crippen molar-refractivity contribution in [2.75, 3.05) is 0 Å². The van der Waals surface area contributed by atoms with Crippen molar-refractivity contribution < 1.29 is 14.3 Å². The van der Waals surface area contributed by atoms with Crippen molar-refractivity contribution in [2.45, 2.75) is 25.7 Å². The second-order valence-corrected chi connectivity index (χ2v) is 4.70. The maximum atomic E-state index is 13.6. The number of benzene rings is 1. The molecule has 0 spiro atoms. The molecule has 1 aliphatic rings. The molecule has 0 saturated heterocycles. The SMILES string of the molecule is Cc1c(F)cccc1-n1nnc(C(=O)O)c1C1CC1. The van der Waals surface area contributed by atoms with Gasteiger partial charge in [-0.1, -0.05) is 11.3 Å². The van der Waals surface area contributed by atoms with Crippen LogP contribution in [0.3, 0.4) is 0 Å². The summed E-state index contributed by atoms with van der Waals surface area (Å²) in [5.41, 5.74) is 1.51. The van der Waals surface area contributed by atoms with E-state index in [1.807, 2.05) is 0 Å². The zero-order chi connectivity index (χ0) is 13.6. The molecule has 1 N–H and O–H groups in total. The first kappa shape index (κ1) is 11.8. The molecule has 1 aromatic heterocycles. The molecule has 1 saturated carbocycles. The van der Waals surface area contributed by atoms with Crippen LogP contribution < -0.4 is 0 Å². The Morgan fingerprint density at radius 1 is 1.47 bits per heavy atom. The van der Waals surface area contributed by atoms with Gasteiger partial charge in [0.25, 0.3) is 0 Å². The topological polar surface area (TPSA) is 68.0 Å². The standard InChI is InChI=1S/C13H12FN3O2/c1-7-9(14)3-2-4-10(7)17-12(8-5-6-8)11(13(18)19)15-16-17/h2-4,8H,5-6H2,1H3,(H,18,19). The lowest BCUT2D eigenvalue weighted by atomic mass is 10.1. The first-order valence-electron chi connectivity index (χ1n) is 6.04. The van der Waals surface area contributed by atoms with E-state index in [0.29, 0.717) is 16.9 Å². The van der Waals surface area contributed by atoms with E-state index in [2.05, 4.69) is 10.3 Å². The number of carboxylic acids is 1. The third-order valence-corrected chi connectivity index (χ3v) is 3.34. The second kappa shape index (κ2) is 4.15. The minimum absolute atomic E-state index is 0.0360. The molecular formula is C13H12FN3O2. The number of aromatic carboxylic acids is 1. The monoisotopic (exact) mass is 261 g/mol. The highest BCUT2D eigenvalue weighted by atomic mass is 19.1. The van der Waals surface area contributed by atoms with Gasteiger partial charge in [-0.2, -0.15) is 0 Å². The molecule has 3 rings (SSSR count). The van der Waals surface area contributed by atoms with E-state index in [1.54, 1.807) is 19.1 Å². The molecule has 1 heterocycles. The molecule has 5 nitrogen and oxygen atoms in total. The van der Waals surface area contributed by atoms with Crippen LogP contribution in [0, 0.1) is 12.7 Å². The fourth-order valence-corrected chi connectivity index (χ4v) is 2.17. The predicted octanol–water partition coefficient (Wildman–Crippen LogP) is 2.29. The third kappa shape index (κ3) is 1.89. The highest BCUT2D eigenvalue weighted by Crippen LogP contribution is 2.42. The molecule has 1 aromatic carbocycles. The first-order chi connectivity index (χ1) is 9.09. The quantitative estimate of drug-likeness (QED) is 0.920. The van der Waals surface area contributed by atoms with E-state index in [-0.39, 0.29) is 17.4 Å². The minimum Gasteiger partial charge on any atom is -0.476 e. The van der Waals surface area contributed by atoms with Gasteiger partial charge in [0.2, 0.25) is 0 Å². The average Bonchev–Trinajstić information content (AvgIpc) is 3.11. The van der Waals surface area contributed by atoms with Crippen LogP contribution in [0.5, 0.6) is 0 Å². The average molecular weight is 261 g/mol. The molecule has 1 fully saturated rings. The van der Waals surface area contributed by atoms with Crippen LogP contribution >= 0.6 is 0 Å². The van der Waals surface area contributed by atoms with Crippen LogP contribution in [0.15, 0.2) is 18.2 Å². The maximum absolute atomic E-state index is 13.6. The van der Waals surface area contributed by atoms with Gasteiger partial charge < -0.3 is 5.11 Å². The van der Waals surface area contributed by atoms with Gasteiger partial charge in [-0.25, -0.2) is 13.9 Å². The van der Waals surface area contributed by atoms with E-state index in [4.69, 9.17) is 5.11 Å². The highest BCUT2D eigenvalue weighted by molar-refractivity contribution is 5.87. The summed E-state index contributed by atoms with van der Waals surface area (Å²) in [4.78, 5) is 11.2. The number of hydrogen-bond donors (Lipinski definition) is 1. The van der Waals surface area contributed by atoms with Gasteiger partial charge in [0.1, 0.15) is 5.82 Å². The number of nitrogens with zero attached hydrogens (tertiary/aromatic N) is 3. The molecule has 0 bridgehead atoms. The maximum Gasteiger partial charge on any atom is 0.358 e. The summed E-state index contributed by atoms with van der Waals surface area (Å²) in [7, 11) is 0. The number of halogens is 1. The van der Waals surface area contributed by atoms with Crippen molar-refractivity contribution in [3.8, 4) is 5.69 Å². The van der Waals surface area contributed by atoms with Crippen LogP contribution in [0.25, 0.3) is 5.69 Å². The Balaban J connectivity index is 2.20. The summed E-state index contributed by atoms with van der Waals surface area (Å²) < 4.78 is 15.1. The fraction of sp³-hybridized carbons (Fsp3) is 0.308. The number of carbonyl (C=O) groups is 1. The van der Waals surface area contributed by atoms with Crippen LogP contribution in [0.1, 0.15) is 40.5 Å². The van der Waals surface area contributed by atoms with E-state index in [1.165, 1.54) is 10.7 Å². The van der Waals surface area contributed by atoms with Crippen molar-refractivity contribution >= 4 is 5.97 Å². The molecule has 98 valence electrons. The van der Waals surface area contributed by atoms with E-state index >= 15 is 0 Å². The largest absolute Gasteiger partial charge is 0.476 e. The fourth-order valence-electron chi connectivity index (χ4n) is 2.17. The van der Waals surface area contributed by atoms with Crippen LogP contribution in [-0.2, 0) is 0 Å². The van der Waals surface area contributed by atoms with Crippen molar-refractivity contribution in [1.29, 1.82) is 0 Å². The summed E-state index contributed by atoms with van der Waals surface area (Å²) in [6, 6.07) is 4.66. The van der Waals surface area contributed by atoms with Gasteiger partial charge in [-0.05, 0) is 31.9 Å². The van der Waals surface area contributed by atoms with Crippen LogP contribution in [0.2, 0.25) is 0 Å². The predicted molar refractivity (Wildman–Crippen MR) is 65.0 cm³/mol. The van der Waals surface area contributed by atoms with Crippen molar-refractivity contribution in [3.05, 3.63) is 41.0 Å². The Bertz CT molecular complexity index is 662. The number of carboxylic acid groups (broad SMARTS) is 1. The van der Waals surface area contributed by atoms with Crippen molar-refractivity contribution in [1.82, 2.24) is 15.0 Å². The first-order valence-corrected chi connectivity index (χ1v) is 6.04. The minimum atomic E-state index is -1.10. The van der Waals surface area contributed by atoms with Gasteiger partial charge in [0, 0.05) is 11.5 Å². The summed E-state index contributed by atoms with van der Waals surface area (Å²) in [5, 5.41) is 16.7. The second-order valence-electron chi connectivity index (χ2n) is 4.70. The summed E-state index contributed by atoms with van der Waals surface area (Å²) in [6.07, 6.45) is 1.84. The third-order valence-electron chi connectivity index (χ3n) is 3.34. The number of rotatable bonds is 3. The zero-order valence-electron chi connectivity index (χ0n) is 10.3. The zero-order valence-corrected chi connectivity index (χ0v) is 10.3. The molecule has 2 aromatic rings. The summed E-state index contributed by atoms with van der Waals surface area (Å²) in [5.74, 6) is -1.28. The normalized spacial score (nSPS) is 14.6. The molecule has 6 heteroatoms. The smallest absolute Gasteiger partial charge is 0.358 e. The lowest BCUT2D eigenvalue weighted by molar-refractivity contribution is 0.0689. The summed E-state index contributed by atoms with van der Waals surface area (Å²) >= 11 is 0. The number of hydrogen-bond acceptors (Lipinski definition) is 3. The molecule has 19 heavy (non-hydrogen) atoms. The van der Waals surface area contributed by atoms with E-state index < -0.39 is 5.97 Å². The Morgan fingerprint density at radius 3 is 2.84 bits per heavy atom. The lowest BCUT2D eigenvalue weighted by Gasteiger charge is -2.09. The van der Waals surface area contributed by atoms with Crippen molar-refractivity contribution in [2.24, 2.45) is 0 Å². The molecule has 0 atom stereocenters. The van der Waals surface area contributed by atoms with Crippen LogP contribution in [0.4, 0.5) is 4.39 Å². The van der Waals surface area contributed by atoms with E-state index in [9.17, 15) is 9.18 Å². The Hall–Kier alpha value is -2.24. The van der Waals surface area contributed by atoms with Crippen molar-refractivity contribution in [3.63, 3.8) is 0 Å². The van der Waals surface area contributed by atoms with E-state index in [0.717, 1.165) is 12.8 Å². The van der Waals surface area contributed by atoms with Crippen LogP contribution in [-0.4, -0.2) is 26.1 Å². The van der Waals surface area contributed by atoms with Gasteiger partial charge >= 0.3 is 5.97 Å². The van der Waals surface area contributed by atoms with Gasteiger partial charge in [0.05, 0.1) is 11.4 Å². The Labute approximate surface area is 108 Å². The molecule has 0 unspecified atom stereocenters. The molecular weight excluding hydrogens is 249 g/mol. The number of aromatic nitrogens is 3. The molecule has 0 radical (unpaired) electrons. The lowest BCUT2D eigenvalue weighted by Crippen LogP contribution is -2.07. The van der Waals surface area contributed by atoms with Gasteiger partial charge in [-0.3, -0.25) is 0 Å². The summed E-state index contributed by atoms with van der Waals surface area (Å²) in [6.45, 7) is 1.64. The van der Waals surface area contributed by atoms with Gasteiger partial charge in [-0.15, -0.1) is 5.10 Å².